The molecule has 0 amide bonds. The molecule has 20 nitrogen and oxygen atoms in total. The van der Waals surface area contributed by atoms with Crippen LogP contribution in [0.5, 0.6) is 11.8 Å². The predicted octanol–water partition coefficient (Wildman–Crippen LogP) is -9.92. The Balaban J connectivity index is 0.00000351. The van der Waals surface area contributed by atoms with E-state index >= 15 is 0 Å². The second-order valence-corrected chi connectivity index (χ2v) is 12.0. The third kappa shape index (κ3) is 14.8. The Kier molecular flexibility index (Phi) is 24.8. The predicted molar refractivity (Wildman–Crippen MR) is 159 cm³/mol. The molecule has 5 aromatic rings. The second kappa shape index (κ2) is 25.1. The fraction of sp³-hybridized carbons (Fsp3) is 0. The first-order chi connectivity index (χ1) is 23.5. The molecule has 53 heavy (non-hydrogen) atoms. The van der Waals surface area contributed by atoms with Crippen molar-refractivity contribution in [3.05, 3.63) is 72.3 Å². The average Bonchev–Trinajstić information content (AvgIpc) is 3.05. The number of aromatic hydroxyl groups is 2. The summed E-state index contributed by atoms with van der Waals surface area (Å²) in [6, 6.07) is 13.6. The maximum atomic E-state index is 12.1. The summed E-state index contributed by atoms with van der Waals surface area (Å²) >= 11 is 0.899. The first kappa shape index (κ1) is 52.4. The van der Waals surface area contributed by atoms with Crippen LogP contribution in [0.1, 0.15) is 10.4 Å². The van der Waals surface area contributed by atoms with Crippen molar-refractivity contribution in [2.24, 2.45) is 10.2 Å². The molecule has 0 aliphatic carbocycles. The molecule has 0 saturated carbocycles. The topological polar surface area (TPSA) is 308 Å². The maximum absolute atomic E-state index is 12.1. The molecule has 4 N–H and O–H groups in total. The van der Waals surface area contributed by atoms with Gasteiger partial charge in [0.25, 0.3) is 0 Å². The molecule has 254 valence electrons. The number of hydrogen-bond acceptors (Lipinski definition) is 22. The number of hydrogen-bond donors (Lipinski definition) is 4. The number of phenolic OH excluding ortho intramolecular Hbond substituents is 1. The number of carboxylic acid groups (broad SMARTS) is 1. The number of nitrogens with zero attached hydrogens (tertiary/aromatic N) is 5. The molecule has 0 saturated heterocycles. The van der Waals surface area contributed by atoms with E-state index in [0.29, 0.717) is 16.9 Å². The van der Waals surface area contributed by atoms with Gasteiger partial charge in [-0.2, -0.15) is 28.7 Å². The molecule has 1 aromatic heterocycles. The molecular weight excluding hydrogens is 871 g/mol. The van der Waals surface area contributed by atoms with E-state index in [1.807, 2.05) is 0 Å². The van der Waals surface area contributed by atoms with Gasteiger partial charge in [-0.25, -0.2) is 8.42 Å². The van der Waals surface area contributed by atoms with Gasteiger partial charge in [-0.3, -0.25) is 10.1 Å². The van der Waals surface area contributed by atoms with E-state index in [0.717, 1.165) is 12.1 Å². The van der Waals surface area contributed by atoms with E-state index in [1.165, 1.54) is 54.6 Å². The van der Waals surface area contributed by atoms with Crippen molar-refractivity contribution >= 4 is 85.6 Å². The number of carbonyl (C=O) groups excluding carboxylic acids is 1. The van der Waals surface area contributed by atoms with E-state index in [-0.39, 0.29) is 268 Å². The first-order valence-electron chi connectivity index (χ1n) is 12.8. The minimum Gasteiger partial charge on any atom is -0.744 e. The maximum Gasteiger partial charge on any atom is 1.00 e. The van der Waals surface area contributed by atoms with Crippen LogP contribution < -0.4 is 232 Å². The zero-order chi connectivity index (χ0) is 35.1. The van der Waals surface area contributed by atoms with Gasteiger partial charge in [0, 0.05) is 21.5 Å². The number of carbonyl (C=O) groups is 1. The number of aromatic nitrogens is 3. The molecule has 27 heteroatoms. The summed E-state index contributed by atoms with van der Waals surface area (Å²) in [7, 11) is -5.13. The van der Waals surface area contributed by atoms with E-state index in [1.54, 1.807) is 0 Å². The molecule has 0 unspecified atom stereocenters. The zero-order valence-corrected chi connectivity index (χ0v) is 42.6. The van der Waals surface area contributed by atoms with Crippen molar-refractivity contribution in [1.29, 1.82) is 0 Å². The van der Waals surface area contributed by atoms with Gasteiger partial charge in [0.05, 0.1) is 51.2 Å². The van der Waals surface area contributed by atoms with Crippen molar-refractivity contribution < 1.29 is 268 Å². The number of aromatic carboxylic acids is 1. The number of phenols is 1. The molecule has 0 spiro atoms. The molecule has 0 fully saturated rings. The van der Waals surface area contributed by atoms with Crippen LogP contribution in [0, 0.1) is 0 Å². The Bertz CT molecular complexity index is 2180. The molecule has 0 bridgehead atoms. The molecule has 0 aliphatic rings. The quantitative estimate of drug-likeness (QED) is 0.0201. The molecular formula is C26H15K4N7O13S3. The van der Waals surface area contributed by atoms with Crippen LogP contribution in [0.4, 0.5) is 34.6 Å². The van der Waals surface area contributed by atoms with E-state index in [2.05, 4.69) is 54.6 Å². The van der Waals surface area contributed by atoms with Crippen LogP contribution in [0.3, 0.4) is 0 Å². The Morgan fingerprint density at radius 1 is 0.792 bits per heavy atom. The summed E-state index contributed by atoms with van der Waals surface area (Å²) in [5, 5.41) is 73.5. The second-order valence-electron chi connectivity index (χ2n) is 9.09. The average molecular weight is 886 g/mol. The van der Waals surface area contributed by atoms with Crippen LogP contribution in [-0.4, -0.2) is 44.1 Å². The van der Waals surface area contributed by atoms with Crippen LogP contribution >= 0.6 is 24.1 Å². The molecule has 0 aliphatic heterocycles. The van der Waals surface area contributed by atoms with E-state index in [4.69, 9.17) is 0 Å². The van der Waals surface area contributed by atoms with Gasteiger partial charge in [0.1, 0.15) is 15.8 Å². The number of nitrogens with one attached hydrogen (secondary N) is 2. The SMILES string of the molecule is O=C([O-])c1ccccc1Nc1nc(O)nc(Nc2cc(S(=O)(=O)[O-])cc3cc(SOO[O-])c(N=Nc4ccc(SOO[O-])cc4)c(O)c23)n1.[K+].[K+].[K+].[K+]. The smallest absolute Gasteiger partial charge is 0.744 e. The monoisotopic (exact) mass is 885 g/mol. The van der Waals surface area contributed by atoms with Crippen molar-refractivity contribution in [2.75, 3.05) is 10.6 Å². The molecule has 0 radical (unpaired) electrons. The first-order valence-corrected chi connectivity index (χ1v) is 15.7. The minimum absolute atomic E-state index is 0. The summed E-state index contributed by atoms with van der Waals surface area (Å²) in [6.45, 7) is 0. The molecule has 0 atom stereocenters. The van der Waals surface area contributed by atoms with Crippen LogP contribution in [0.2, 0.25) is 0 Å². The van der Waals surface area contributed by atoms with E-state index in [9.17, 15) is 43.6 Å². The van der Waals surface area contributed by atoms with Gasteiger partial charge in [-0.05, 0) is 53.9 Å². The molecule has 4 aromatic carbocycles. The number of fused-ring (bicyclic) bond motifs is 1. The summed E-state index contributed by atoms with van der Waals surface area (Å²) in [6.07, 6.45) is 0. The van der Waals surface area contributed by atoms with Crippen LogP contribution in [0.15, 0.2) is 91.6 Å². The van der Waals surface area contributed by atoms with Crippen molar-refractivity contribution in [2.45, 2.75) is 14.7 Å². The normalized spacial score (nSPS) is 10.8. The van der Waals surface area contributed by atoms with Gasteiger partial charge < -0.3 is 45.8 Å². The summed E-state index contributed by atoms with van der Waals surface area (Å²) in [4.78, 5) is 22.6. The number of rotatable bonds is 14. The number of benzene rings is 4. The van der Waals surface area contributed by atoms with Gasteiger partial charge >= 0.3 is 212 Å². The Hall–Kier alpha value is 1.34. The van der Waals surface area contributed by atoms with Gasteiger partial charge in [-0.1, -0.05) is 18.2 Å². The third-order valence-electron chi connectivity index (χ3n) is 6.09. The van der Waals surface area contributed by atoms with Gasteiger partial charge in [0.2, 0.25) is 11.9 Å². The minimum atomic E-state index is -5.13. The van der Waals surface area contributed by atoms with Crippen LogP contribution in [-0.2, 0) is 28.9 Å². The largest absolute Gasteiger partial charge is 1.00 e. The van der Waals surface area contributed by atoms with Crippen LogP contribution in [0.25, 0.3) is 10.8 Å². The molecule has 5 rings (SSSR count). The fourth-order valence-electron chi connectivity index (χ4n) is 4.13. The number of carboxylic acids is 1. The Morgan fingerprint density at radius 3 is 2.00 bits per heavy atom. The fourth-order valence-corrected chi connectivity index (χ4v) is 5.51. The number of anilines is 4. The zero-order valence-electron chi connectivity index (χ0n) is 27.7. The third-order valence-corrected chi connectivity index (χ3v) is 8.10. The van der Waals surface area contributed by atoms with E-state index < -0.39 is 38.7 Å². The van der Waals surface area contributed by atoms with Crippen molar-refractivity contribution in [1.82, 2.24) is 15.0 Å². The van der Waals surface area contributed by atoms with Gasteiger partial charge in [0.15, 0.2) is 5.75 Å². The summed E-state index contributed by atoms with van der Waals surface area (Å²) in [5.41, 5.74) is -0.663. The summed E-state index contributed by atoms with van der Waals surface area (Å²) < 4.78 is 44.9. The standard InChI is InChI=1S/C26H19N7O13S3.4K/c34-22-20-12(10-19(48-46-44-39)21(22)33-32-13-5-7-14(8-6-13)47-45-43-38)9-15(49(40,41)42)11-18(20)28-25-29-24(30-26(37)31-25)27-17-4-2-1-3-16(17)23(35)36;;;;/h1-11,34,38-39H,(H,35,36)(H,40,41,42)(H3,27,28,29,30,31,37);;;;/q;4*+1/p-4. The number of para-hydroxylation sites is 1. The van der Waals surface area contributed by atoms with Crippen molar-refractivity contribution in [3.63, 3.8) is 0 Å². The van der Waals surface area contributed by atoms with Crippen molar-refractivity contribution in [3.8, 4) is 11.8 Å². The molecule has 1 heterocycles. The number of azo groups is 1. The van der Waals surface area contributed by atoms with Gasteiger partial charge in [-0.15, -0.1) is 5.11 Å². The Morgan fingerprint density at radius 2 is 1.40 bits per heavy atom. The Labute approximate surface area is 477 Å². The summed E-state index contributed by atoms with van der Waals surface area (Å²) in [5.74, 6) is -3.03.